The van der Waals surface area contributed by atoms with E-state index >= 15 is 0 Å². The molecule has 1 heterocycles. The van der Waals surface area contributed by atoms with Gasteiger partial charge in [0.15, 0.2) is 0 Å². The number of hydrogen-bond acceptors (Lipinski definition) is 3. The number of rotatable bonds is 2. The lowest BCUT2D eigenvalue weighted by molar-refractivity contribution is 0.0697. The molecule has 0 spiro atoms. The van der Waals surface area contributed by atoms with Crippen LogP contribution in [0.3, 0.4) is 0 Å². The summed E-state index contributed by atoms with van der Waals surface area (Å²) in [6.45, 7) is 0. The first kappa shape index (κ1) is 10.2. The maximum Gasteiger partial charge on any atom is 0.343 e. The molecule has 0 aliphatic carbocycles. The van der Waals surface area contributed by atoms with Crippen LogP contribution >= 0.6 is 0 Å². The molecule has 0 radical (unpaired) electrons. The summed E-state index contributed by atoms with van der Waals surface area (Å²) >= 11 is 0. The van der Waals surface area contributed by atoms with E-state index in [1.54, 1.807) is 24.3 Å². The van der Waals surface area contributed by atoms with Gasteiger partial charge in [-0.25, -0.2) is 9.59 Å². The molecular formula is C12H8O4. The van der Waals surface area contributed by atoms with Crippen molar-refractivity contribution in [2.75, 3.05) is 0 Å². The molecule has 0 fully saturated rings. The van der Waals surface area contributed by atoms with Crippen molar-refractivity contribution in [3.63, 3.8) is 0 Å². The fourth-order valence-corrected chi connectivity index (χ4v) is 1.37. The third-order valence-corrected chi connectivity index (χ3v) is 2.18. The number of hydrogen-bond donors (Lipinski definition) is 1. The molecule has 80 valence electrons. The van der Waals surface area contributed by atoms with Crippen LogP contribution in [-0.2, 0) is 0 Å². The van der Waals surface area contributed by atoms with Gasteiger partial charge in [-0.3, -0.25) is 0 Å². The molecule has 0 saturated heterocycles. The SMILES string of the molecule is O=C(O)c1ccc(-c2cccoc2=O)cc1. The minimum absolute atomic E-state index is 0.184. The topological polar surface area (TPSA) is 67.5 Å². The van der Waals surface area contributed by atoms with Gasteiger partial charge in [-0.2, -0.15) is 0 Å². The Labute approximate surface area is 90.8 Å². The van der Waals surface area contributed by atoms with E-state index < -0.39 is 11.6 Å². The second-order valence-corrected chi connectivity index (χ2v) is 3.20. The molecule has 2 rings (SSSR count). The average Bonchev–Trinajstić information content (AvgIpc) is 2.30. The minimum Gasteiger partial charge on any atom is -0.478 e. The first-order valence-electron chi connectivity index (χ1n) is 4.60. The van der Waals surface area contributed by atoms with Crippen LogP contribution in [0.15, 0.2) is 51.9 Å². The van der Waals surface area contributed by atoms with Gasteiger partial charge in [0.05, 0.1) is 17.4 Å². The van der Waals surface area contributed by atoms with Crippen molar-refractivity contribution in [2.45, 2.75) is 0 Å². The molecule has 2 aromatic rings. The van der Waals surface area contributed by atoms with Crippen LogP contribution in [0.2, 0.25) is 0 Å². The van der Waals surface area contributed by atoms with Crippen molar-refractivity contribution in [2.24, 2.45) is 0 Å². The van der Waals surface area contributed by atoms with Gasteiger partial charge in [-0.05, 0) is 29.8 Å². The highest BCUT2D eigenvalue weighted by Gasteiger charge is 2.05. The molecule has 0 atom stereocenters. The fraction of sp³-hybridized carbons (Fsp3) is 0. The molecule has 0 unspecified atom stereocenters. The van der Waals surface area contributed by atoms with Crippen molar-refractivity contribution in [1.29, 1.82) is 0 Å². The lowest BCUT2D eigenvalue weighted by Crippen LogP contribution is -2.01. The van der Waals surface area contributed by atoms with Gasteiger partial charge in [0.25, 0.3) is 0 Å². The lowest BCUT2D eigenvalue weighted by Gasteiger charge is -1.99. The zero-order chi connectivity index (χ0) is 11.5. The summed E-state index contributed by atoms with van der Waals surface area (Å²) in [5.74, 6) is -0.994. The Morgan fingerprint density at radius 2 is 1.81 bits per heavy atom. The monoisotopic (exact) mass is 216 g/mol. The van der Waals surface area contributed by atoms with E-state index in [1.807, 2.05) is 0 Å². The maximum atomic E-state index is 11.4. The van der Waals surface area contributed by atoms with Crippen LogP contribution in [-0.4, -0.2) is 11.1 Å². The summed E-state index contributed by atoms with van der Waals surface area (Å²) in [7, 11) is 0. The molecule has 0 aliphatic heterocycles. The molecule has 1 aromatic heterocycles. The summed E-state index contributed by atoms with van der Waals surface area (Å²) < 4.78 is 4.72. The Kier molecular flexibility index (Phi) is 2.55. The van der Waals surface area contributed by atoms with Crippen LogP contribution in [0.1, 0.15) is 10.4 Å². The van der Waals surface area contributed by atoms with E-state index in [4.69, 9.17) is 9.52 Å². The molecular weight excluding hydrogens is 208 g/mol. The van der Waals surface area contributed by atoms with Crippen molar-refractivity contribution in [1.82, 2.24) is 0 Å². The lowest BCUT2D eigenvalue weighted by atomic mass is 10.1. The van der Waals surface area contributed by atoms with E-state index in [0.717, 1.165) is 0 Å². The number of carboxylic acid groups (broad SMARTS) is 1. The molecule has 16 heavy (non-hydrogen) atoms. The molecule has 4 nitrogen and oxygen atoms in total. The van der Waals surface area contributed by atoms with Crippen LogP contribution < -0.4 is 5.63 Å². The third kappa shape index (κ3) is 1.86. The first-order chi connectivity index (χ1) is 7.68. The standard InChI is InChI=1S/C12H8O4/c13-11(14)9-5-3-8(4-6-9)10-2-1-7-16-12(10)15/h1-7H,(H,13,14). The first-order valence-corrected chi connectivity index (χ1v) is 4.60. The van der Waals surface area contributed by atoms with E-state index in [1.165, 1.54) is 18.4 Å². The van der Waals surface area contributed by atoms with Gasteiger partial charge in [-0.1, -0.05) is 12.1 Å². The Bertz CT molecular complexity index is 566. The van der Waals surface area contributed by atoms with Gasteiger partial charge in [0.1, 0.15) is 0 Å². The molecule has 0 saturated carbocycles. The summed E-state index contributed by atoms with van der Waals surface area (Å²) in [5, 5.41) is 8.72. The highest BCUT2D eigenvalue weighted by Crippen LogP contribution is 2.15. The zero-order valence-corrected chi connectivity index (χ0v) is 8.21. The maximum absolute atomic E-state index is 11.4. The molecule has 0 aliphatic rings. The Morgan fingerprint density at radius 1 is 1.12 bits per heavy atom. The third-order valence-electron chi connectivity index (χ3n) is 2.18. The van der Waals surface area contributed by atoms with Crippen LogP contribution in [0.4, 0.5) is 0 Å². The van der Waals surface area contributed by atoms with Gasteiger partial charge in [0.2, 0.25) is 0 Å². The van der Waals surface area contributed by atoms with Crippen LogP contribution in [0.5, 0.6) is 0 Å². The van der Waals surface area contributed by atoms with Crippen LogP contribution in [0.25, 0.3) is 11.1 Å². The number of benzene rings is 1. The molecule has 4 heteroatoms. The summed E-state index contributed by atoms with van der Waals surface area (Å²) in [6.07, 6.45) is 1.30. The van der Waals surface area contributed by atoms with E-state index in [9.17, 15) is 9.59 Å². The predicted molar refractivity (Wildman–Crippen MR) is 57.4 cm³/mol. The Hall–Kier alpha value is -2.36. The fourth-order valence-electron chi connectivity index (χ4n) is 1.37. The largest absolute Gasteiger partial charge is 0.478 e. The van der Waals surface area contributed by atoms with Crippen LogP contribution in [0, 0.1) is 0 Å². The summed E-state index contributed by atoms with van der Waals surface area (Å²) in [6, 6.07) is 9.29. The van der Waals surface area contributed by atoms with Crippen molar-refractivity contribution in [3.05, 3.63) is 58.6 Å². The highest BCUT2D eigenvalue weighted by molar-refractivity contribution is 5.88. The van der Waals surface area contributed by atoms with Gasteiger partial charge in [-0.15, -0.1) is 0 Å². The molecule has 1 N–H and O–H groups in total. The van der Waals surface area contributed by atoms with Gasteiger partial charge in [0, 0.05) is 0 Å². The van der Waals surface area contributed by atoms with Crippen molar-refractivity contribution < 1.29 is 14.3 Å². The van der Waals surface area contributed by atoms with Crippen molar-refractivity contribution >= 4 is 5.97 Å². The van der Waals surface area contributed by atoms with E-state index in [-0.39, 0.29) is 5.56 Å². The highest BCUT2D eigenvalue weighted by atomic mass is 16.4. The minimum atomic E-state index is -0.994. The molecule has 1 aromatic carbocycles. The normalized spacial score (nSPS) is 10.0. The second kappa shape index (κ2) is 4.02. The molecule has 0 bridgehead atoms. The quantitative estimate of drug-likeness (QED) is 0.833. The Balaban J connectivity index is 2.47. The predicted octanol–water partition coefficient (Wildman–Crippen LogP) is 2.00. The number of carboxylic acids is 1. The number of aromatic carboxylic acids is 1. The smallest absolute Gasteiger partial charge is 0.343 e. The second-order valence-electron chi connectivity index (χ2n) is 3.20. The van der Waals surface area contributed by atoms with Crippen molar-refractivity contribution in [3.8, 4) is 11.1 Å². The summed E-state index contributed by atoms with van der Waals surface area (Å²) in [4.78, 5) is 22.0. The van der Waals surface area contributed by atoms with E-state index in [0.29, 0.717) is 11.1 Å². The molecule has 0 amide bonds. The summed E-state index contributed by atoms with van der Waals surface area (Å²) in [5.41, 5.74) is 0.799. The average molecular weight is 216 g/mol. The number of carbonyl (C=O) groups is 1. The zero-order valence-electron chi connectivity index (χ0n) is 8.21. The Morgan fingerprint density at radius 3 is 2.38 bits per heavy atom. The van der Waals surface area contributed by atoms with Gasteiger partial charge >= 0.3 is 11.6 Å². The van der Waals surface area contributed by atoms with E-state index in [2.05, 4.69) is 0 Å². The van der Waals surface area contributed by atoms with Gasteiger partial charge < -0.3 is 9.52 Å².